The molecular formula is C13H17ClN2O3. The second-order valence-electron chi connectivity index (χ2n) is 3.87. The minimum Gasteiger partial charge on any atom is -0.484 e. The van der Waals surface area contributed by atoms with Crippen molar-refractivity contribution in [1.82, 2.24) is 10.6 Å². The first-order valence-electron chi connectivity index (χ1n) is 6.03. The number of rotatable bonds is 7. The molecule has 0 aliphatic heterocycles. The molecule has 0 atom stereocenters. The van der Waals surface area contributed by atoms with Crippen LogP contribution in [0.1, 0.15) is 13.3 Å². The van der Waals surface area contributed by atoms with Crippen molar-refractivity contribution in [2.24, 2.45) is 0 Å². The van der Waals surface area contributed by atoms with E-state index in [1.807, 2.05) is 6.92 Å². The van der Waals surface area contributed by atoms with Gasteiger partial charge in [-0.25, -0.2) is 0 Å². The average molecular weight is 285 g/mol. The third-order valence-corrected chi connectivity index (χ3v) is 2.45. The van der Waals surface area contributed by atoms with Gasteiger partial charge in [0.25, 0.3) is 5.91 Å². The zero-order valence-electron chi connectivity index (χ0n) is 10.7. The highest BCUT2D eigenvalue weighted by molar-refractivity contribution is 6.30. The summed E-state index contributed by atoms with van der Waals surface area (Å²) in [5.41, 5.74) is 0. The highest BCUT2D eigenvalue weighted by atomic mass is 35.5. The van der Waals surface area contributed by atoms with E-state index in [1.165, 1.54) is 0 Å². The van der Waals surface area contributed by atoms with Crippen LogP contribution in [0.3, 0.4) is 0 Å². The van der Waals surface area contributed by atoms with Gasteiger partial charge in [0.1, 0.15) is 5.75 Å². The zero-order chi connectivity index (χ0) is 14.1. The van der Waals surface area contributed by atoms with Crippen LogP contribution in [-0.2, 0) is 9.59 Å². The Balaban J connectivity index is 2.21. The van der Waals surface area contributed by atoms with Crippen molar-refractivity contribution in [2.45, 2.75) is 13.3 Å². The predicted molar refractivity (Wildman–Crippen MR) is 73.3 cm³/mol. The Morgan fingerprint density at radius 2 is 1.84 bits per heavy atom. The molecule has 6 heteroatoms. The van der Waals surface area contributed by atoms with Crippen LogP contribution < -0.4 is 15.4 Å². The van der Waals surface area contributed by atoms with E-state index in [0.717, 1.165) is 6.42 Å². The second kappa shape index (κ2) is 8.37. The van der Waals surface area contributed by atoms with Gasteiger partial charge in [-0.1, -0.05) is 18.5 Å². The molecule has 0 fully saturated rings. The van der Waals surface area contributed by atoms with E-state index in [0.29, 0.717) is 17.3 Å². The van der Waals surface area contributed by atoms with Crippen LogP contribution in [0.15, 0.2) is 24.3 Å². The van der Waals surface area contributed by atoms with Crippen molar-refractivity contribution >= 4 is 23.4 Å². The number of hydrogen-bond acceptors (Lipinski definition) is 3. The number of ether oxygens (including phenoxy) is 1. The summed E-state index contributed by atoms with van der Waals surface area (Å²) in [4.78, 5) is 22.7. The van der Waals surface area contributed by atoms with Gasteiger partial charge in [-0.05, 0) is 30.7 Å². The molecule has 0 radical (unpaired) electrons. The van der Waals surface area contributed by atoms with E-state index in [4.69, 9.17) is 16.3 Å². The van der Waals surface area contributed by atoms with E-state index >= 15 is 0 Å². The number of carbonyl (C=O) groups excluding carboxylic acids is 2. The van der Waals surface area contributed by atoms with Crippen molar-refractivity contribution in [3.05, 3.63) is 29.3 Å². The minimum absolute atomic E-state index is 0.0389. The van der Waals surface area contributed by atoms with Gasteiger partial charge >= 0.3 is 0 Å². The molecule has 0 aliphatic carbocycles. The molecule has 0 bridgehead atoms. The molecule has 0 aromatic heterocycles. The number of halogens is 1. The molecule has 0 saturated carbocycles. The topological polar surface area (TPSA) is 67.4 Å². The lowest BCUT2D eigenvalue weighted by Crippen LogP contribution is -2.39. The third kappa shape index (κ3) is 6.67. The van der Waals surface area contributed by atoms with Gasteiger partial charge in [0, 0.05) is 11.6 Å². The van der Waals surface area contributed by atoms with Gasteiger partial charge in [-0.2, -0.15) is 0 Å². The standard InChI is InChI=1S/C13H17ClN2O3/c1-2-7-15-12(17)8-16-13(18)9-19-11-5-3-10(14)4-6-11/h3-6H,2,7-9H2,1H3,(H,15,17)(H,16,18). The Hall–Kier alpha value is -1.75. The number of carbonyl (C=O) groups is 2. The molecule has 0 unspecified atom stereocenters. The first kappa shape index (κ1) is 15.3. The number of amides is 2. The summed E-state index contributed by atoms with van der Waals surface area (Å²) >= 11 is 5.72. The van der Waals surface area contributed by atoms with Crippen LogP contribution in [0.25, 0.3) is 0 Å². The summed E-state index contributed by atoms with van der Waals surface area (Å²) in [7, 11) is 0. The van der Waals surface area contributed by atoms with Crippen LogP contribution in [0, 0.1) is 0 Å². The van der Waals surface area contributed by atoms with E-state index in [1.54, 1.807) is 24.3 Å². The zero-order valence-corrected chi connectivity index (χ0v) is 11.5. The molecule has 1 aromatic rings. The molecule has 2 N–H and O–H groups in total. The van der Waals surface area contributed by atoms with E-state index < -0.39 is 0 Å². The second-order valence-corrected chi connectivity index (χ2v) is 4.31. The maximum Gasteiger partial charge on any atom is 0.258 e. The lowest BCUT2D eigenvalue weighted by atomic mass is 10.3. The van der Waals surface area contributed by atoms with Gasteiger partial charge in [0.15, 0.2) is 6.61 Å². The van der Waals surface area contributed by atoms with Crippen molar-refractivity contribution in [2.75, 3.05) is 19.7 Å². The van der Waals surface area contributed by atoms with Gasteiger partial charge in [-0.15, -0.1) is 0 Å². The van der Waals surface area contributed by atoms with E-state index in [-0.39, 0.29) is 25.0 Å². The van der Waals surface area contributed by atoms with E-state index in [9.17, 15) is 9.59 Å². The monoisotopic (exact) mass is 284 g/mol. The Morgan fingerprint density at radius 3 is 2.47 bits per heavy atom. The van der Waals surface area contributed by atoms with Gasteiger partial charge in [-0.3, -0.25) is 9.59 Å². The molecule has 2 amide bonds. The van der Waals surface area contributed by atoms with Crippen molar-refractivity contribution in [1.29, 1.82) is 0 Å². The van der Waals surface area contributed by atoms with Gasteiger partial charge in [0.05, 0.1) is 6.54 Å². The van der Waals surface area contributed by atoms with E-state index in [2.05, 4.69) is 10.6 Å². The maximum absolute atomic E-state index is 11.4. The first-order chi connectivity index (χ1) is 9.11. The van der Waals surface area contributed by atoms with Gasteiger partial charge in [0.2, 0.25) is 5.91 Å². The Labute approximate surface area is 117 Å². The Morgan fingerprint density at radius 1 is 1.16 bits per heavy atom. The molecule has 1 aromatic carbocycles. The molecule has 19 heavy (non-hydrogen) atoms. The molecule has 5 nitrogen and oxygen atoms in total. The van der Waals surface area contributed by atoms with Crippen LogP contribution in [-0.4, -0.2) is 31.5 Å². The summed E-state index contributed by atoms with van der Waals surface area (Å²) in [6, 6.07) is 6.69. The van der Waals surface area contributed by atoms with Crippen LogP contribution >= 0.6 is 11.6 Å². The molecule has 1 rings (SSSR count). The lowest BCUT2D eigenvalue weighted by molar-refractivity contribution is -0.127. The average Bonchev–Trinajstić information content (AvgIpc) is 2.42. The number of nitrogens with one attached hydrogen (secondary N) is 2. The Bertz CT molecular complexity index is 420. The fourth-order valence-electron chi connectivity index (χ4n) is 1.24. The SMILES string of the molecule is CCCNC(=O)CNC(=O)COc1ccc(Cl)cc1. The quantitative estimate of drug-likeness (QED) is 0.794. The maximum atomic E-state index is 11.4. The van der Waals surface area contributed by atoms with Crippen LogP contribution in [0.4, 0.5) is 0 Å². The fourth-order valence-corrected chi connectivity index (χ4v) is 1.36. The fraction of sp³-hybridized carbons (Fsp3) is 0.385. The van der Waals surface area contributed by atoms with Crippen molar-refractivity contribution in [3.63, 3.8) is 0 Å². The summed E-state index contributed by atoms with van der Waals surface area (Å²) in [6.07, 6.45) is 0.860. The largest absolute Gasteiger partial charge is 0.484 e. The van der Waals surface area contributed by atoms with Crippen LogP contribution in [0.5, 0.6) is 5.75 Å². The summed E-state index contributed by atoms with van der Waals surface area (Å²) in [6.45, 7) is 2.39. The number of benzene rings is 1. The molecule has 104 valence electrons. The number of hydrogen-bond donors (Lipinski definition) is 2. The molecule has 0 heterocycles. The smallest absolute Gasteiger partial charge is 0.258 e. The summed E-state index contributed by atoms with van der Waals surface area (Å²) in [5, 5.41) is 5.73. The molecule has 0 aliphatic rings. The normalized spacial score (nSPS) is 9.79. The third-order valence-electron chi connectivity index (χ3n) is 2.20. The summed E-state index contributed by atoms with van der Waals surface area (Å²) in [5.74, 6) is -0.00160. The molecule has 0 saturated heterocycles. The molecular weight excluding hydrogens is 268 g/mol. The lowest BCUT2D eigenvalue weighted by Gasteiger charge is -2.07. The van der Waals surface area contributed by atoms with Crippen molar-refractivity contribution < 1.29 is 14.3 Å². The minimum atomic E-state index is -0.346. The van der Waals surface area contributed by atoms with Crippen LogP contribution in [0.2, 0.25) is 5.02 Å². The molecule has 0 spiro atoms. The summed E-state index contributed by atoms with van der Waals surface area (Å²) < 4.78 is 5.23. The Kier molecular flexibility index (Phi) is 6.74. The van der Waals surface area contributed by atoms with Gasteiger partial charge < -0.3 is 15.4 Å². The first-order valence-corrected chi connectivity index (χ1v) is 6.41. The highest BCUT2D eigenvalue weighted by Crippen LogP contribution is 2.15. The predicted octanol–water partition coefficient (Wildman–Crippen LogP) is 1.36. The highest BCUT2D eigenvalue weighted by Gasteiger charge is 2.05. The van der Waals surface area contributed by atoms with Crippen molar-refractivity contribution in [3.8, 4) is 5.75 Å².